The van der Waals surface area contributed by atoms with Gasteiger partial charge in [-0.1, -0.05) is 44.8 Å². The quantitative estimate of drug-likeness (QED) is 0.188. The van der Waals surface area contributed by atoms with Gasteiger partial charge < -0.3 is 4.74 Å². The van der Waals surface area contributed by atoms with Crippen LogP contribution in [0.25, 0.3) is 0 Å². The Morgan fingerprint density at radius 3 is 1.71 bits per heavy atom. The Labute approximate surface area is 146 Å². The summed E-state index contributed by atoms with van der Waals surface area (Å²) in [6.45, 7) is 4.35. The summed E-state index contributed by atoms with van der Waals surface area (Å²) in [6, 6.07) is 0. The third kappa shape index (κ3) is 15.2. The molecule has 0 atom stereocenters. The van der Waals surface area contributed by atoms with Crippen LogP contribution in [0.2, 0.25) is 0 Å². The lowest BCUT2D eigenvalue weighted by atomic mass is 10.1. The second-order valence-corrected chi connectivity index (χ2v) is 5.83. The van der Waals surface area contributed by atoms with Crippen LogP contribution in [0.5, 0.6) is 0 Å². The smallest absolute Gasteiger partial charge is 0.305 e. The van der Waals surface area contributed by atoms with E-state index in [1.807, 2.05) is 0 Å². The van der Waals surface area contributed by atoms with Crippen LogP contribution < -0.4 is 0 Å². The predicted octanol–water partition coefficient (Wildman–Crippen LogP) is 4.72. The van der Waals surface area contributed by atoms with E-state index in [-0.39, 0.29) is 17.5 Å². The van der Waals surface area contributed by atoms with E-state index in [0.717, 1.165) is 38.5 Å². The predicted molar refractivity (Wildman–Crippen MR) is 96.8 cm³/mol. The van der Waals surface area contributed by atoms with Crippen molar-refractivity contribution in [1.29, 1.82) is 0 Å². The molecule has 0 aromatic carbocycles. The zero-order valence-corrected chi connectivity index (χ0v) is 15.2. The Bertz CT molecular complexity index is 421. The maximum atomic E-state index is 11.6. The standard InChI is InChI=1S/C20H32O4/c1-3-5-6-8-13-18(21)15-11-12-16-19(22)14-9-7-10-17-20(23)24-4-2/h11-12,15-16H,3-10,13-14,17H2,1-2H3. The van der Waals surface area contributed by atoms with E-state index in [2.05, 4.69) is 6.92 Å². The zero-order chi connectivity index (χ0) is 18.0. The summed E-state index contributed by atoms with van der Waals surface area (Å²) >= 11 is 0. The molecule has 0 aliphatic heterocycles. The molecule has 0 fully saturated rings. The number of rotatable bonds is 15. The highest BCUT2D eigenvalue weighted by Crippen LogP contribution is 2.06. The SMILES string of the molecule is CCCCCCC(=O)C=CC=CC(=O)CCCCCC(=O)OCC. The van der Waals surface area contributed by atoms with Gasteiger partial charge in [0, 0.05) is 19.3 Å². The van der Waals surface area contributed by atoms with E-state index >= 15 is 0 Å². The van der Waals surface area contributed by atoms with Crippen LogP contribution in [0.1, 0.15) is 78.1 Å². The molecule has 24 heavy (non-hydrogen) atoms. The van der Waals surface area contributed by atoms with Crippen LogP contribution in [-0.2, 0) is 19.1 Å². The van der Waals surface area contributed by atoms with Gasteiger partial charge >= 0.3 is 5.97 Å². The summed E-state index contributed by atoms with van der Waals surface area (Å²) in [6.07, 6.45) is 14.5. The molecule has 4 nitrogen and oxygen atoms in total. The van der Waals surface area contributed by atoms with Gasteiger partial charge in [-0.2, -0.15) is 0 Å². The molecule has 0 unspecified atom stereocenters. The van der Waals surface area contributed by atoms with Crippen molar-refractivity contribution in [2.24, 2.45) is 0 Å². The first kappa shape index (κ1) is 22.3. The summed E-state index contributed by atoms with van der Waals surface area (Å²) in [5.74, 6) is -0.0124. The minimum atomic E-state index is -0.173. The molecule has 0 N–H and O–H groups in total. The molecule has 0 aliphatic rings. The first-order valence-corrected chi connectivity index (χ1v) is 9.16. The number of ether oxygens (including phenoxy) is 1. The van der Waals surface area contributed by atoms with Crippen LogP contribution in [0.4, 0.5) is 0 Å². The molecule has 0 radical (unpaired) electrons. The van der Waals surface area contributed by atoms with Gasteiger partial charge in [-0.15, -0.1) is 0 Å². The number of allylic oxidation sites excluding steroid dienone is 4. The molecule has 0 saturated heterocycles. The Morgan fingerprint density at radius 2 is 1.21 bits per heavy atom. The maximum absolute atomic E-state index is 11.6. The molecule has 0 aliphatic carbocycles. The third-order valence-corrected chi connectivity index (χ3v) is 3.56. The number of unbranched alkanes of at least 4 members (excludes halogenated alkanes) is 5. The van der Waals surface area contributed by atoms with Crippen molar-refractivity contribution in [1.82, 2.24) is 0 Å². The summed E-state index contributed by atoms with van der Waals surface area (Å²) in [5, 5.41) is 0. The van der Waals surface area contributed by atoms with Crippen molar-refractivity contribution in [3.63, 3.8) is 0 Å². The highest BCUT2D eigenvalue weighted by Gasteiger charge is 2.02. The molecule has 0 rings (SSSR count). The monoisotopic (exact) mass is 336 g/mol. The van der Waals surface area contributed by atoms with Crippen molar-refractivity contribution in [2.75, 3.05) is 6.61 Å². The second-order valence-electron chi connectivity index (χ2n) is 5.83. The molecular weight excluding hydrogens is 304 g/mol. The number of hydrogen-bond acceptors (Lipinski definition) is 4. The molecule has 0 heterocycles. The topological polar surface area (TPSA) is 60.4 Å². The van der Waals surface area contributed by atoms with Crippen LogP contribution in [0.15, 0.2) is 24.3 Å². The minimum absolute atomic E-state index is 0.0474. The van der Waals surface area contributed by atoms with E-state index in [0.29, 0.717) is 25.9 Å². The Kier molecular flexibility index (Phi) is 15.0. The summed E-state index contributed by atoms with van der Waals surface area (Å²) < 4.78 is 4.84. The molecule has 0 amide bonds. The lowest BCUT2D eigenvalue weighted by molar-refractivity contribution is -0.143. The molecule has 0 saturated carbocycles. The van der Waals surface area contributed by atoms with E-state index in [1.165, 1.54) is 18.6 Å². The lowest BCUT2D eigenvalue weighted by Crippen LogP contribution is -2.03. The van der Waals surface area contributed by atoms with Crippen molar-refractivity contribution < 1.29 is 19.1 Å². The van der Waals surface area contributed by atoms with Crippen LogP contribution in [-0.4, -0.2) is 24.1 Å². The fraction of sp³-hybridized carbons (Fsp3) is 0.650. The van der Waals surface area contributed by atoms with Gasteiger partial charge in [0.1, 0.15) is 0 Å². The molecule has 136 valence electrons. The highest BCUT2D eigenvalue weighted by atomic mass is 16.5. The average molecular weight is 336 g/mol. The van der Waals surface area contributed by atoms with Gasteiger partial charge in [0.2, 0.25) is 0 Å². The first-order chi connectivity index (χ1) is 11.6. The van der Waals surface area contributed by atoms with Gasteiger partial charge in [0.05, 0.1) is 6.61 Å². The maximum Gasteiger partial charge on any atom is 0.305 e. The number of esters is 1. The van der Waals surface area contributed by atoms with Crippen molar-refractivity contribution in [3.8, 4) is 0 Å². The summed E-state index contributed by atoms with van der Waals surface area (Å²) in [7, 11) is 0. The Hall–Kier alpha value is -1.71. The first-order valence-electron chi connectivity index (χ1n) is 9.16. The van der Waals surface area contributed by atoms with Gasteiger partial charge in [-0.3, -0.25) is 14.4 Å². The van der Waals surface area contributed by atoms with E-state index in [9.17, 15) is 14.4 Å². The highest BCUT2D eigenvalue weighted by molar-refractivity contribution is 5.91. The van der Waals surface area contributed by atoms with Crippen molar-refractivity contribution in [2.45, 2.75) is 78.1 Å². The van der Waals surface area contributed by atoms with Gasteiger partial charge in [0.15, 0.2) is 11.6 Å². The molecule has 0 aromatic heterocycles. The molecule has 0 bridgehead atoms. The van der Waals surface area contributed by atoms with Crippen LogP contribution in [0.3, 0.4) is 0 Å². The number of carbonyl (C=O) groups excluding carboxylic acids is 3. The molecule has 4 heteroatoms. The fourth-order valence-corrected chi connectivity index (χ4v) is 2.20. The largest absolute Gasteiger partial charge is 0.466 e. The molecule has 0 spiro atoms. The van der Waals surface area contributed by atoms with E-state index in [4.69, 9.17) is 4.74 Å². The normalized spacial score (nSPS) is 11.2. The van der Waals surface area contributed by atoms with Gasteiger partial charge in [0.25, 0.3) is 0 Å². The third-order valence-electron chi connectivity index (χ3n) is 3.56. The summed E-state index contributed by atoms with van der Waals surface area (Å²) in [4.78, 5) is 34.3. The lowest BCUT2D eigenvalue weighted by Gasteiger charge is -2.00. The average Bonchev–Trinajstić information content (AvgIpc) is 2.55. The summed E-state index contributed by atoms with van der Waals surface area (Å²) in [5.41, 5.74) is 0. The molecular formula is C20H32O4. The van der Waals surface area contributed by atoms with Gasteiger partial charge in [-0.05, 0) is 38.3 Å². The van der Waals surface area contributed by atoms with E-state index < -0.39 is 0 Å². The van der Waals surface area contributed by atoms with Crippen molar-refractivity contribution >= 4 is 17.5 Å². The number of carbonyl (C=O) groups is 3. The Morgan fingerprint density at radius 1 is 0.708 bits per heavy atom. The van der Waals surface area contributed by atoms with Crippen LogP contribution >= 0.6 is 0 Å². The second kappa shape index (κ2) is 16.2. The van der Waals surface area contributed by atoms with Crippen LogP contribution in [0, 0.1) is 0 Å². The van der Waals surface area contributed by atoms with Crippen molar-refractivity contribution in [3.05, 3.63) is 24.3 Å². The number of ketones is 2. The zero-order valence-electron chi connectivity index (χ0n) is 15.2. The fourth-order valence-electron chi connectivity index (χ4n) is 2.20. The van der Waals surface area contributed by atoms with E-state index in [1.54, 1.807) is 19.1 Å². The number of hydrogen-bond donors (Lipinski definition) is 0. The Balaban J connectivity index is 3.68. The minimum Gasteiger partial charge on any atom is -0.466 e. The van der Waals surface area contributed by atoms with Gasteiger partial charge in [-0.25, -0.2) is 0 Å². The molecule has 0 aromatic rings.